The van der Waals surface area contributed by atoms with Gasteiger partial charge in [0.2, 0.25) is 5.91 Å². The molecule has 2 amide bonds. The number of hydrogen-bond donors (Lipinski definition) is 0. The fourth-order valence-corrected chi connectivity index (χ4v) is 3.76. The molecule has 140 valence electrons. The molecule has 2 aliphatic rings. The Hall–Kier alpha value is -3.02. The number of nitrogens with zero attached hydrogens (tertiary/aromatic N) is 3. The molecule has 2 aliphatic heterocycles. The zero-order valence-electron chi connectivity index (χ0n) is 15.6. The summed E-state index contributed by atoms with van der Waals surface area (Å²) in [5, 5.41) is 0. The summed E-state index contributed by atoms with van der Waals surface area (Å²) in [6, 6.07) is 13.5. The molecule has 0 radical (unpaired) electrons. The highest BCUT2D eigenvalue weighted by Crippen LogP contribution is 2.31. The van der Waals surface area contributed by atoms with Crippen LogP contribution in [0.3, 0.4) is 0 Å². The fourth-order valence-electron chi connectivity index (χ4n) is 3.76. The zero-order valence-corrected chi connectivity index (χ0v) is 15.6. The van der Waals surface area contributed by atoms with Gasteiger partial charge in [-0.2, -0.15) is 0 Å². The largest absolute Gasteiger partial charge is 0.497 e. The van der Waals surface area contributed by atoms with E-state index in [1.165, 1.54) is 0 Å². The Balaban J connectivity index is 1.43. The number of methoxy groups -OCH3 is 1. The molecular formula is C21H23N3O3. The first-order valence-corrected chi connectivity index (χ1v) is 9.14. The molecule has 4 rings (SSSR count). The molecule has 0 N–H and O–H groups in total. The lowest BCUT2D eigenvalue weighted by Crippen LogP contribution is -2.48. The van der Waals surface area contributed by atoms with Crippen LogP contribution < -0.4 is 14.5 Å². The van der Waals surface area contributed by atoms with Crippen molar-refractivity contribution in [1.29, 1.82) is 0 Å². The number of carbonyl (C=O) groups excluding carboxylic acids is 2. The molecule has 2 heterocycles. The lowest BCUT2D eigenvalue weighted by atomic mass is 10.1. The monoisotopic (exact) mass is 365 g/mol. The molecule has 0 saturated carbocycles. The summed E-state index contributed by atoms with van der Waals surface area (Å²) < 4.78 is 5.21. The van der Waals surface area contributed by atoms with Gasteiger partial charge in [-0.1, -0.05) is 6.07 Å². The van der Waals surface area contributed by atoms with Gasteiger partial charge in [-0.25, -0.2) is 0 Å². The highest BCUT2D eigenvalue weighted by molar-refractivity contribution is 6.01. The van der Waals surface area contributed by atoms with Crippen molar-refractivity contribution in [3.05, 3.63) is 53.6 Å². The predicted molar refractivity (Wildman–Crippen MR) is 105 cm³/mol. The van der Waals surface area contributed by atoms with Gasteiger partial charge in [-0.3, -0.25) is 9.59 Å². The second kappa shape index (κ2) is 6.95. The van der Waals surface area contributed by atoms with Gasteiger partial charge in [-0.15, -0.1) is 0 Å². The minimum Gasteiger partial charge on any atom is -0.497 e. The Kier molecular flexibility index (Phi) is 4.48. The lowest BCUT2D eigenvalue weighted by molar-refractivity contribution is -0.117. The normalized spacial score (nSPS) is 16.5. The molecule has 27 heavy (non-hydrogen) atoms. The van der Waals surface area contributed by atoms with Crippen molar-refractivity contribution in [2.75, 3.05) is 50.1 Å². The van der Waals surface area contributed by atoms with Gasteiger partial charge in [0.25, 0.3) is 5.91 Å². The number of rotatable bonds is 3. The van der Waals surface area contributed by atoms with E-state index in [1.54, 1.807) is 18.1 Å². The van der Waals surface area contributed by atoms with Crippen molar-refractivity contribution in [3.8, 4) is 5.75 Å². The van der Waals surface area contributed by atoms with Gasteiger partial charge >= 0.3 is 0 Å². The van der Waals surface area contributed by atoms with Crippen LogP contribution in [-0.2, 0) is 11.2 Å². The molecule has 2 aromatic rings. The van der Waals surface area contributed by atoms with Crippen LogP contribution in [-0.4, -0.2) is 57.1 Å². The molecule has 6 nitrogen and oxygen atoms in total. The summed E-state index contributed by atoms with van der Waals surface area (Å²) in [6.45, 7) is 2.90. The van der Waals surface area contributed by atoms with Crippen molar-refractivity contribution in [3.63, 3.8) is 0 Å². The maximum atomic E-state index is 12.7. The first-order chi connectivity index (χ1) is 13.1. The molecule has 0 spiro atoms. The van der Waals surface area contributed by atoms with Gasteiger partial charge in [0.15, 0.2) is 0 Å². The first kappa shape index (κ1) is 17.4. The third-order valence-electron chi connectivity index (χ3n) is 5.39. The molecule has 0 aromatic heterocycles. The number of hydrogen-bond acceptors (Lipinski definition) is 4. The standard InChI is InChI=1S/C21H23N3O3/c1-22-19-7-6-17(12-16(19)14-20(22)25)23-8-10-24(11-9-23)21(26)15-4-3-5-18(13-15)27-2/h3-7,12-13H,8-11,14H2,1-2H3. The number of carbonyl (C=O) groups is 2. The molecule has 2 aromatic carbocycles. The Morgan fingerprint density at radius 3 is 2.56 bits per heavy atom. The number of benzene rings is 2. The van der Waals surface area contributed by atoms with Crippen LogP contribution in [0.5, 0.6) is 5.75 Å². The molecule has 6 heteroatoms. The van der Waals surface area contributed by atoms with E-state index in [0.29, 0.717) is 30.8 Å². The SMILES string of the molecule is COc1cccc(C(=O)N2CCN(c3ccc4c(c3)CC(=O)N4C)CC2)c1. The molecule has 0 bridgehead atoms. The average molecular weight is 365 g/mol. The molecular weight excluding hydrogens is 342 g/mol. The Morgan fingerprint density at radius 1 is 1.04 bits per heavy atom. The Bertz CT molecular complexity index is 888. The number of likely N-dealkylation sites (N-methyl/N-ethyl adjacent to an activating group) is 1. The van der Waals surface area contributed by atoms with Crippen LogP contribution in [0.15, 0.2) is 42.5 Å². The third-order valence-corrected chi connectivity index (χ3v) is 5.39. The van der Waals surface area contributed by atoms with Crippen LogP contribution >= 0.6 is 0 Å². The van der Waals surface area contributed by atoms with Crippen LogP contribution in [0.1, 0.15) is 15.9 Å². The van der Waals surface area contributed by atoms with E-state index in [1.807, 2.05) is 36.2 Å². The van der Waals surface area contributed by atoms with Crippen molar-refractivity contribution < 1.29 is 14.3 Å². The maximum Gasteiger partial charge on any atom is 0.254 e. The topological polar surface area (TPSA) is 53.1 Å². The summed E-state index contributed by atoms with van der Waals surface area (Å²) in [4.78, 5) is 30.5. The maximum absolute atomic E-state index is 12.7. The quantitative estimate of drug-likeness (QED) is 0.837. The molecule has 0 unspecified atom stereocenters. The van der Waals surface area contributed by atoms with Gasteiger partial charge in [0.1, 0.15) is 5.75 Å². The fraction of sp³-hybridized carbons (Fsp3) is 0.333. The van der Waals surface area contributed by atoms with Crippen LogP contribution in [0, 0.1) is 0 Å². The van der Waals surface area contributed by atoms with Crippen LogP contribution in [0.4, 0.5) is 11.4 Å². The lowest BCUT2D eigenvalue weighted by Gasteiger charge is -2.36. The minimum absolute atomic E-state index is 0.0368. The summed E-state index contributed by atoms with van der Waals surface area (Å²) in [7, 11) is 3.42. The van der Waals surface area contributed by atoms with E-state index in [9.17, 15) is 9.59 Å². The van der Waals surface area contributed by atoms with Crippen LogP contribution in [0.25, 0.3) is 0 Å². The van der Waals surface area contributed by atoms with Crippen molar-refractivity contribution >= 4 is 23.2 Å². The number of amides is 2. The summed E-state index contributed by atoms with van der Waals surface area (Å²) >= 11 is 0. The number of piperazine rings is 1. The van der Waals surface area contributed by atoms with E-state index in [-0.39, 0.29) is 11.8 Å². The van der Waals surface area contributed by atoms with E-state index >= 15 is 0 Å². The second-order valence-electron chi connectivity index (χ2n) is 6.95. The van der Waals surface area contributed by atoms with Crippen molar-refractivity contribution in [2.45, 2.75) is 6.42 Å². The van der Waals surface area contributed by atoms with Gasteiger partial charge in [0, 0.05) is 50.2 Å². The summed E-state index contributed by atoms with van der Waals surface area (Å²) in [5.41, 5.74) is 3.85. The minimum atomic E-state index is 0.0368. The van der Waals surface area contributed by atoms with Crippen molar-refractivity contribution in [1.82, 2.24) is 4.90 Å². The number of anilines is 2. The van der Waals surface area contributed by atoms with Crippen molar-refractivity contribution in [2.24, 2.45) is 0 Å². The molecule has 0 aliphatic carbocycles. The van der Waals surface area contributed by atoms with E-state index in [2.05, 4.69) is 17.0 Å². The third kappa shape index (κ3) is 3.23. The smallest absolute Gasteiger partial charge is 0.254 e. The van der Waals surface area contributed by atoms with Gasteiger partial charge in [-0.05, 0) is 42.0 Å². The number of fused-ring (bicyclic) bond motifs is 1. The molecule has 1 saturated heterocycles. The summed E-state index contributed by atoms with van der Waals surface area (Å²) in [5.74, 6) is 0.864. The highest BCUT2D eigenvalue weighted by Gasteiger charge is 2.26. The van der Waals surface area contributed by atoms with Crippen LogP contribution in [0.2, 0.25) is 0 Å². The Labute approximate surface area is 158 Å². The van der Waals surface area contributed by atoms with E-state index < -0.39 is 0 Å². The summed E-state index contributed by atoms with van der Waals surface area (Å²) in [6.07, 6.45) is 0.466. The van der Waals surface area contributed by atoms with Gasteiger partial charge in [0.05, 0.1) is 13.5 Å². The molecule has 1 fully saturated rings. The first-order valence-electron chi connectivity index (χ1n) is 9.14. The second-order valence-corrected chi connectivity index (χ2v) is 6.95. The van der Waals surface area contributed by atoms with E-state index in [4.69, 9.17) is 4.74 Å². The van der Waals surface area contributed by atoms with Gasteiger partial charge < -0.3 is 19.4 Å². The van der Waals surface area contributed by atoms with E-state index in [0.717, 1.165) is 30.0 Å². The average Bonchev–Trinajstić information content (AvgIpc) is 3.00. The molecule has 0 atom stereocenters. The Morgan fingerprint density at radius 2 is 1.81 bits per heavy atom. The number of ether oxygens (including phenoxy) is 1. The zero-order chi connectivity index (χ0) is 19.0. The predicted octanol–water partition coefficient (Wildman–Crippen LogP) is 2.18. The highest BCUT2D eigenvalue weighted by atomic mass is 16.5.